The second-order valence-corrected chi connectivity index (χ2v) is 10.2. The Balaban J connectivity index is 1.57. The van der Waals surface area contributed by atoms with E-state index in [0.29, 0.717) is 24.9 Å². The van der Waals surface area contributed by atoms with Gasteiger partial charge in [-0.1, -0.05) is 36.0 Å². The fourth-order valence-corrected chi connectivity index (χ4v) is 6.35. The minimum atomic E-state index is -0.00494. The summed E-state index contributed by atoms with van der Waals surface area (Å²) in [7, 11) is 3.44. The lowest BCUT2D eigenvalue weighted by molar-refractivity contribution is -0.127. The first-order valence-corrected chi connectivity index (χ1v) is 12.7. The Morgan fingerprint density at radius 2 is 2.06 bits per heavy atom. The van der Waals surface area contributed by atoms with Crippen molar-refractivity contribution >= 4 is 39.2 Å². The van der Waals surface area contributed by atoms with Crippen molar-refractivity contribution < 1.29 is 9.53 Å². The van der Waals surface area contributed by atoms with Crippen molar-refractivity contribution in [2.24, 2.45) is 0 Å². The number of amides is 1. The molecule has 6 nitrogen and oxygen atoms in total. The van der Waals surface area contributed by atoms with Gasteiger partial charge in [-0.05, 0) is 49.3 Å². The molecule has 0 atom stereocenters. The van der Waals surface area contributed by atoms with Crippen molar-refractivity contribution in [1.82, 2.24) is 14.5 Å². The third kappa shape index (κ3) is 4.77. The van der Waals surface area contributed by atoms with Gasteiger partial charge in [0.15, 0.2) is 5.16 Å². The van der Waals surface area contributed by atoms with Gasteiger partial charge in [-0.25, -0.2) is 4.98 Å². The Bertz CT molecular complexity index is 1190. The maximum Gasteiger partial charge on any atom is 0.263 e. The van der Waals surface area contributed by atoms with Crippen LogP contribution in [0, 0.1) is 6.92 Å². The molecule has 2 aromatic heterocycles. The normalized spacial score (nSPS) is 13.3. The molecule has 0 saturated heterocycles. The van der Waals surface area contributed by atoms with Gasteiger partial charge in [-0.15, -0.1) is 11.3 Å². The highest BCUT2D eigenvalue weighted by Gasteiger charge is 2.23. The molecule has 4 rings (SSSR count). The standard InChI is InChI=1S/C24H29N3O3S2/c1-16-8-4-5-9-17(16)14-26(2)20(28)15-31-24-25-22-21(23(29)27(24)12-13-30-3)18-10-6-7-11-19(18)32-22/h4-5,8-9H,6-7,10-15H2,1-3H3. The summed E-state index contributed by atoms with van der Waals surface area (Å²) in [6.45, 7) is 3.47. The van der Waals surface area contributed by atoms with E-state index in [4.69, 9.17) is 9.72 Å². The number of hydrogen-bond donors (Lipinski definition) is 0. The van der Waals surface area contributed by atoms with Gasteiger partial charge in [-0.2, -0.15) is 0 Å². The molecule has 0 saturated carbocycles. The van der Waals surface area contributed by atoms with Crippen LogP contribution in [0.4, 0.5) is 0 Å². The Hall–Kier alpha value is -2.16. The van der Waals surface area contributed by atoms with E-state index in [1.807, 2.05) is 25.2 Å². The van der Waals surface area contributed by atoms with Crippen LogP contribution in [0.15, 0.2) is 34.2 Å². The van der Waals surface area contributed by atoms with Gasteiger partial charge in [0, 0.05) is 25.6 Å². The van der Waals surface area contributed by atoms with E-state index in [1.54, 1.807) is 27.9 Å². The summed E-state index contributed by atoms with van der Waals surface area (Å²) in [5.74, 6) is 0.245. The van der Waals surface area contributed by atoms with Crippen LogP contribution in [0.25, 0.3) is 10.2 Å². The molecule has 0 radical (unpaired) electrons. The van der Waals surface area contributed by atoms with Crippen LogP contribution in [0.2, 0.25) is 0 Å². The van der Waals surface area contributed by atoms with Gasteiger partial charge in [0.2, 0.25) is 5.91 Å². The average molecular weight is 472 g/mol. The summed E-state index contributed by atoms with van der Waals surface area (Å²) < 4.78 is 6.92. The second kappa shape index (κ2) is 10.2. The van der Waals surface area contributed by atoms with Crippen molar-refractivity contribution in [3.8, 4) is 0 Å². The Kier molecular flexibility index (Phi) is 7.33. The van der Waals surface area contributed by atoms with E-state index in [-0.39, 0.29) is 17.2 Å². The summed E-state index contributed by atoms with van der Waals surface area (Å²) in [6.07, 6.45) is 4.26. The van der Waals surface area contributed by atoms with Gasteiger partial charge in [0.05, 0.1) is 24.3 Å². The molecule has 0 N–H and O–H groups in total. The van der Waals surface area contributed by atoms with Gasteiger partial charge < -0.3 is 9.64 Å². The third-order valence-corrected chi connectivity index (χ3v) is 8.12. The van der Waals surface area contributed by atoms with E-state index >= 15 is 0 Å². The molecule has 1 amide bonds. The van der Waals surface area contributed by atoms with Crippen LogP contribution in [-0.2, 0) is 35.5 Å². The quantitative estimate of drug-likeness (QED) is 0.366. The molecule has 0 fully saturated rings. The topological polar surface area (TPSA) is 64.4 Å². The van der Waals surface area contributed by atoms with Crippen LogP contribution in [0.1, 0.15) is 34.4 Å². The SMILES string of the molecule is COCCn1c(SCC(=O)N(C)Cc2ccccc2C)nc2sc3c(c2c1=O)CCCC3. The van der Waals surface area contributed by atoms with Crippen LogP contribution < -0.4 is 5.56 Å². The number of thioether (sulfide) groups is 1. The number of methoxy groups -OCH3 is 1. The number of carbonyl (C=O) groups excluding carboxylic acids is 1. The van der Waals surface area contributed by atoms with Gasteiger partial charge >= 0.3 is 0 Å². The smallest absolute Gasteiger partial charge is 0.263 e. The summed E-state index contributed by atoms with van der Waals surface area (Å²) in [5.41, 5.74) is 3.48. The number of aromatic nitrogens is 2. The summed E-state index contributed by atoms with van der Waals surface area (Å²) in [4.78, 5) is 34.9. The van der Waals surface area contributed by atoms with Gasteiger partial charge in [0.1, 0.15) is 4.83 Å². The van der Waals surface area contributed by atoms with Crippen molar-refractivity contribution in [2.75, 3.05) is 26.5 Å². The van der Waals surface area contributed by atoms with E-state index in [2.05, 4.69) is 13.0 Å². The number of nitrogens with zero attached hydrogens (tertiary/aromatic N) is 3. The first-order valence-electron chi connectivity index (χ1n) is 10.9. The lowest BCUT2D eigenvalue weighted by atomic mass is 9.97. The van der Waals surface area contributed by atoms with Gasteiger partial charge in [-0.3, -0.25) is 14.2 Å². The lowest BCUT2D eigenvalue weighted by Crippen LogP contribution is -2.29. The molecule has 0 spiro atoms. The average Bonchev–Trinajstić information content (AvgIpc) is 3.17. The Labute approximate surface area is 196 Å². The monoisotopic (exact) mass is 471 g/mol. The maximum absolute atomic E-state index is 13.4. The Morgan fingerprint density at radius 1 is 1.28 bits per heavy atom. The number of fused-ring (bicyclic) bond motifs is 3. The number of carbonyl (C=O) groups is 1. The van der Waals surface area contributed by atoms with E-state index < -0.39 is 0 Å². The maximum atomic E-state index is 13.4. The molecule has 2 heterocycles. The van der Waals surface area contributed by atoms with E-state index in [9.17, 15) is 9.59 Å². The minimum absolute atomic E-state index is 0.00494. The van der Waals surface area contributed by atoms with Crippen LogP contribution >= 0.6 is 23.1 Å². The van der Waals surface area contributed by atoms with Crippen LogP contribution in [0.5, 0.6) is 0 Å². The summed E-state index contributed by atoms with van der Waals surface area (Å²) in [6, 6.07) is 8.09. The highest BCUT2D eigenvalue weighted by atomic mass is 32.2. The van der Waals surface area contributed by atoms with Crippen LogP contribution in [-0.4, -0.2) is 46.9 Å². The predicted molar refractivity (Wildman–Crippen MR) is 131 cm³/mol. The molecule has 1 aliphatic rings. The highest BCUT2D eigenvalue weighted by Crippen LogP contribution is 2.34. The molecule has 32 heavy (non-hydrogen) atoms. The molecule has 0 aliphatic heterocycles. The summed E-state index contributed by atoms with van der Waals surface area (Å²) >= 11 is 2.98. The number of benzene rings is 1. The number of thiophene rings is 1. The number of ether oxygens (including phenoxy) is 1. The first-order chi connectivity index (χ1) is 15.5. The summed E-state index contributed by atoms with van der Waals surface area (Å²) in [5, 5.41) is 1.36. The predicted octanol–water partition coefficient (Wildman–Crippen LogP) is 4.04. The fourth-order valence-electron chi connectivity index (χ4n) is 4.08. The second-order valence-electron chi connectivity index (χ2n) is 8.20. The zero-order chi connectivity index (χ0) is 22.7. The largest absolute Gasteiger partial charge is 0.383 e. The van der Waals surface area contributed by atoms with Crippen molar-refractivity contribution in [1.29, 1.82) is 0 Å². The van der Waals surface area contributed by atoms with Crippen molar-refractivity contribution in [3.05, 3.63) is 56.2 Å². The van der Waals surface area contributed by atoms with E-state index in [1.165, 1.54) is 34.2 Å². The number of rotatable bonds is 8. The molecule has 1 aromatic carbocycles. The zero-order valence-corrected chi connectivity index (χ0v) is 20.5. The molecule has 0 bridgehead atoms. The molecule has 170 valence electrons. The molecule has 1 aliphatic carbocycles. The number of aryl methyl sites for hydroxylation is 3. The fraction of sp³-hybridized carbons (Fsp3) is 0.458. The minimum Gasteiger partial charge on any atom is -0.383 e. The van der Waals surface area contributed by atoms with Crippen LogP contribution in [0.3, 0.4) is 0 Å². The van der Waals surface area contributed by atoms with E-state index in [0.717, 1.165) is 35.0 Å². The molecular weight excluding hydrogens is 442 g/mol. The Morgan fingerprint density at radius 3 is 2.84 bits per heavy atom. The zero-order valence-electron chi connectivity index (χ0n) is 18.8. The molecule has 8 heteroatoms. The third-order valence-electron chi connectivity index (χ3n) is 5.98. The lowest BCUT2D eigenvalue weighted by Gasteiger charge is -2.19. The molecule has 3 aromatic rings. The first kappa shape index (κ1) is 23.0. The molecule has 0 unspecified atom stereocenters. The van der Waals surface area contributed by atoms with Gasteiger partial charge in [0.25, 0.3) is 5.56 Å². The van der Waals surface area contributed by atoms with Crippen molar-refractivity contribution in [2.45, 2.75) is 50.9 Å². The highest BCUT2D eigenvalue weighted by molar-refractivity contribution is 7.99. The number of hydrogen-bond acceptors (Lipinski definition) is 6. The van der Waals surface area contributed by atoms with Crippen molar-refractivity contribution in [3.63, 3.8) is 0 Å². The molecular formula is C24H29N3O3S2.